The molecule has 1 heterocycles. The molecule has 1 N–H and O–H groups in total. The summed E-state index contributed by atoms with van der Waals surface area (Å²) in [4.78, 5) is 24.4. The summed E-state index contributed by atoms with van der Waals surface area (Å²) in [5.41, 5.74) is 2.79. The molecule has 5 nitrogen and oxygen atoms in total. The molecule has 2 aromatic rings. The summed E-state index contributed by atoms with van der Waals surface area (Å²) in [5, 5.41) is 7.23. The Hall–Kier alpha value is -2.43. The second-order valence-electron chi connectivity index (χ2n) is 5.63. The summed E-state index contributed by atoms with van der Waals surface area (Å²) < 4.78 is 1.30. The summed E-state index contributed by atoms with van der Waals surface area (Å²) in [5.74, 6) is -0.198. The number of nitrogens with one attached hydrogen (secondary N) is 1. The molecule has 114 valence electrons. The molecule has 0 aliphatic heterocycles. The molecule has 1 aromatic carbocycles. The van der Waals surface area contributed by atoms with Gasteiger partial charge in [-0.15, -0.1) is 0 Å². The predicted molar refractivity (Wildman–Crippen MR) is 83.5 cm³/mol. The second kappa shape index (κ2) is 6.13. The SMILES string of the molecule is C[C@@H](C(=O)NCc1ccccc1)n1nc2c(cc1=O)CCC2. The maximum absolute atomic E-state index is 12.3. The van der Waals surface area contributed by atoms with Gasteiger partial charge < -0.3 is 5.32 Å². The lowest BCUT2D eigenvalue weighted by Crippen LogP contribution is -2.37. The van der Waals surface area contributed by atoms with Crippen LogP contribution >= 0.6 is 0 Å². The fraction of sp³-hybridized carbons (Fsp3) is 0.353. The van der Waals surface area contributed by atoms with Crippen molar-refractivity contribution in [3.63, 3.8) is 0 Å². The first-order valence-corrected chi connectivity index (χ1v) is 7.58. The van der Waals surface area contributed by atoms with Crippen LogP contribution in [0.25, 0.3) is 0 Å². The Bertz CT molecular complexity index is 737. The fourth-order valence-corrected chi connectivity index (χ4v) is 2.74. The Morgan fingerprint density at radius 3 is 2.86 bits per heavy atom. The smallest absolute Gasteiger partial charge is 0.267 e. The number of aryl methyl sites for hydroxylation is 2. The Kier molecular flexibility index (Phi) is 4.04. The van der Waals surface area contributed by atoms with Gasteiger partial charge in [0.15, 0.2) is 0 Å². The summed E-state index contributed by atoms with van der Waals surface area (Å²) in [6.07, 6.45) is 2.82. The molecule has 0 spiro atoms. The number of fused-ring (bicyclic) bond motifs is 1. The number of hydrogen-bond donors (Lipinski definition) is 1. The van der Waals surface area contributed by atoms with E-state index in [4.69, 9.17) is 0 Å². The number of hydrogen-bond acceptors (Lipinski definition) is 3. The normalized spacial score (nSPS) is 14.4. The molecule has 1 aromatic heterocycles. The van der Waals surface area contributed by atoms with Gasteiger partial charge in [0.2, 0.25) is 5.91 Å². The molecule has 22 heavy (non-hydrogen) atoms. The number of nitrogens with zero attached hydrogens (tertiary/aromatic N) is 2. The van der Waals surface area contributed by atoms with E-state index in [1.165, 1.54) is 4.68 Å². The van der Waals surface area contributed by atoms with Crippen molar-refractivity contribution in [2.75, 3.05) is 0 Å². The van der Waals surface area contributed by atoms with Gasteiger partial charge in [0, 0.05) is 12.6 Å². The topological polar surface area (TPSA) is 64.0 Å². The molecule has 0 radical (unpaired) electrons. The molecule has 1 aliphatic rings. The molecule has 5 heteroatoms. The molecular weight excluding hydrogens is 278 g/mol. The molecule has 0 bridgehead atoms. The van der Waals surface area contributed by atoms with Crippen molar-refractivity contribution in [2.24, 2.45) is 0 Å². The van der Waals surface area contributed by atoms with Crippen molar-refractivity contribution in [1.29, 1.82) is 0 Å². The van der Waals surface area contributed by atoms with Crippen molar-refractivity contribution in [3.05, 3.63) is 63.6 Å². The number of aromatic nitrogens is 2. The van der Waals surface area contributed by atoms with Crippen molar-refractivity contribution < 1.29 is 4.79 Å². The number of amides is 1. The minimum atomic E-state index is -0.609. The van der Waals surface area contributed by atoms with Gasteiger partial charge in [-0.3, -0.25) is 9.59 Å². The highest BCUT2D eigenvalue weighted by atomic mass is 16.2. The summed E-state index contributed by atoms with van der Waals surface area (Å²) >= 11 is 0. The predicted octanol–water partition coefficient (Wildman–Crippen LogP) is 1.61. The molecule has 0 saturated carbocycles. The van der Waals surface area contributed by atoms with Gasteiger partial charge in [0.25, 0.3) is 5.56 Å². The van der Waals surface area contributed by atoms with Gasteiger partial charge in [-0.05, 0) is 37.3 Å². The van der Waals surface area contributed by atoms with Crippen LogP contribution in [0.2, 0.25) is 0 Å². The highest BCUT2D eigenvalue weighted by Gasteiger charge is 2.21. The zero-order chi connectivity index (χ0) is 15.5. The van der Waals surface area contributed by atoms with Crippen molar-refractivity contribution in [2.45, 2.75) is 38.8 Å². The van der Waals surface area contributed by atoms with E-state index in [0.717, 1.165) is 36.1 Å². The van der Waals surface area contributed by atoms with Crippen molar-refractivity contribution in [1.82, 2.24) is 15.1 Å². The van der Waals surface area contributed by atoms with E-state index in [1.54, 1.807) is 13.0 Å². The number of carbonyl (C=O) groups is 1. The third kappa shape index (κ3) is 2.93. The van der Waals surface area contributed by atoms with E-state index in [1.807, 2.05) is 30.3 Å². The third-order valence-corrected chi connectivity index (χ3v) is 4.04. The first kappa shape index (κ1) is 14.5. The van der Waals surface area contributed by atoms with Crippen LogP contribution in [0, 0.1) is 0 Å². The lowest BCUT2D eigenvalue weighted by molar-refractivity contribution is -0.124. The lowest BCUT2D eigenvalue weighted by Gasteiger charge is -2.15. The first-order chi connectivity index (χ1) is 10.6. The standard InChI is InChI=1S/C17H19N3O2/c1-12(17(22)18-11-13-6-3-2-4-7-13)20-16(21)10-14-8-5-9-15(14)19-20/h2-4,6-7,10,12H,5,8-9,11H2,1H3,(H,18,22)/t12-/m0/s1. The van der Waals surface area contributed by atoms with Crippen LogP contribution in [0.3, 0.4) is 0 Å². The Morgan fingerprint density at radius 1 is 1.32 bits per heavy atom. The zero-order valence-corrected chi connectivity index (χ0v) is 12.6. The van der Waals surface area contributed by atoms with Crippen LogP contribution < -0.4 is 10.9 Å². The minimum Gasteiger partial charge on any atom is -0.350 e. The van der Waals surface area contributed by atoms with E-state index in [2.05, 4.69) is 10.4 Å². The molecular formula is C17H19N3O2. The minimum absolute atomic E-state index is 0.198. The van der Waals surface area contributed by atoms with Crippen molar-refractivity contribution >= 4 is 5.91 Å². The molecule has 0 saturated heterocycles. The largest absolute Gasteiger partial charge is 0.350 e. The van der Waals surface area contributed by atoms with Gasteiger partial charge in [-0.2, -0.15) is 5.10 Å². The summed E-state index contributed by atoms with van der Waals surface area (Å²) in [6, 6.07) is 10.7. The fourth-order valence-electron chi connectivity index (χ4n) is 2.74. The van der Waals surface area contributed by atoms with E-state index in [-0.39, 0.29) is 11.5 Å². The maximum atomic E-state index is 12.3. The molecule has 0 unspecified atom stereocenters. The van der Waals surface area contributed by atoms with E-state index in [0.29, 0.717) is 6.54 Å². The van der Waals surface area contributed by atoms with Crippen LogP contribution in [0.1, 0.15) is 36.2 Å². The quantitative estimate of drug-likeness (QED) is 0.932. The van der Waals surface area contributed by atoms with Gasteiger partial charge in [-0.25, -0.2) is 4.68 Å². The summed E-state index contributed by atoms with van der Waals surface area (Å²) in [6.45, 7) is 2.15. The maximum Gasteiger partial charge on any atom is 0.267 e. The zero-order valence-electron chi connectivity index (χ0n) is 12.6. The number of carbonyl (C=O) groups excluding carboxylic acids is 1. The monoisotopic (exact) mass is 297 g/mol. The summed E-state index contributed by atoms with van der Waals surface area (Å²) in [7, 11) is 0. The van der Waals surface area contributed by atoms with Gasteiger partial charge in [0.1, 0.15) is 6.04 Å². The van der Waals surface area contributed by atoms with Crippen LogP contribution in [0.15, 0.2) is 41.2 Å². The van der Waals surface area contributed by atoms with Crippen molar-refractivity contribution in [3.8, 4) is 0 Å². The molecule has 1 amide bonds. The molecule has 0 fully saturated rings. The molecule has 1 aliphatic carbocycles. The van der Waals surface area contributed by atoms with E-state index < -0.39 is 6.04 Å². The van der Waals surface area contributed by atoms with Gasteiger partial charge in [0.05, 0.1) is 5.69 Å². The average Bonchev–Trinajstić information content (AvgIpc) is 2.99. The number of benzene rings is 1. The van der Waals surface area contributed by atoms with Crippen LogP contribution in [0.5, 0.6) is 0 Å². The number of rotatable bonds is 4. The Labute approximate surface area is 129 Å². The third-order valence-electron chi connectivity index (χ3n) is 4.04. The Balaban J connectivity index is 1.72. The van der Waals surface area contributed by atoms with Gasteiger partial charge >= 0.3 is 0 Å². The van der Waals surface area contributed by atoms with Crippen LogP contribution in [0.4, 0.5) is 0 Å². The second-order valence-corrected chi connectivity index (χ2v) is 5.63. The Morgan fingerprint density at radius 2 is 2.09 bits per heavy atom. The first-order valence-electron chi connectivity index (χ1n) is 7.58. The van der Waals surface area contributed by atoms with E-state index in [9.17, 15) is 9.59 Å². The highest BCUT2D eigenvalue weighted by molar-refractivity contribution is 5.79. The molecule has 3 rings (SSSR count). The van der Waals surface area contributed by atoms with Gasteiger partial charge in [-0.1, -0.05) is 30.3 Å². The van der Waals surface area contributed by atoms with Crippen LogP contribution in [-0.4, -0.2) is 15.7 Å². The van der Waals surface area contributed by atoms with E-state index >= 15 is 0 Å². The lowest BCUT2D eigenvalue weighted by atomic mass is 10.2. The highest BCUT2D eigenvalue weighted by Crippen LogP contribution is 2.18. The molecule has 1 atom stereocenters. The van der Waals surface area contributed by atoms with Crippen LogP contribution in [-0.2, 0) is 24.2 Å². The average molecular weight is 297 g/mol.